The highest BCUT2D eigenvalue weighted by atomic mass is 127. The molecule has 0 bridgehead atoms. The van der Waals surface area contributed by atoms with Crippen LogP contribution in [0.3, 0.4) is 0 Å². The Morgan fingerprint density at radius 2 is 1.86 bits per heavy atom. The summed E-state index contributed by atoms with van der Waals surface area (Å²) in [6.07, 6.45) is 1.50. The monoisotopic (exact) mass is 407 g/mol. The molecule has 2 N–H and O–H groups in total. The van der Waals surface area contributed by atoms with Crippen molar-refractivity contribution in [2.45, 2.75) is 26.3 Å². The Morgan fingerprint density at radius 1 is 1.18 bits per heavy atom. The lowest BCUT2D eigenvalue weighted by molar-refractivity contribution is 0.381. The summed E-state index contributed by atoms with van der Waals surface area (Å²) in [5, 5.41) is 5.65. The second-order valence-corrected chi connectivity index (χ2v) is 6.79. The first-order chi connectivity index (χ1) is 10.4. The molecule has 0 fully saturated rings. The normalized spacial score (nSPS) is 12.0. The first-order valence-corrected chi connectivity index (χ1v) is 8.59. The largest absolute Gasteiger partial charge is 0.383 e. The number of nitrogens with zero attached hydrogens (tertiary/aromatic N) is 4. The highest BCUT2D eigenvalue weighted by Gasteiger charge is 2.26. The number of alkyl halides is 1. The summed E-state index contributed by atoms with van der Waals surface area (Å²) in [5.41, 5.74) is 9.83. The van der Waals surface area contributed by atoms with Gasteiger partial charge in [0.25, 0.3) is 0 Å². The number of anilines is 1. The van der Waals surface area contributed by atoms with E-state index >= 15 is 0 Å². The van der Waals surface area contributed by atoms with E-state index in [0.29, 0.717) is 5.82 Å². The molecular formula is C16H18IN5. The summed E-state index contributed by atoms with van der Waals surface area (Å²) in [6, 6.07) is 8.27. The van der Waals surface area contributed by atoms with Crippen molar-refractivity contribution in [3.8, 4) is 11.3 Å². The zero-order valence-electron chi connectivity index (χ0n) is 12.8. The van der Waals surface area contributed by atoms with Gasteiger partial charge in [0, 0.05) is 9.99 Å². The smallest absolute Gasteiger partial charge is 0.164 e. The van der Waals surface area contributed by atoms with Crippen molar-refractivity contribution < 1.29 is 0 Å². The van der Waals surface area contributed by atoms with Crippen LogP contribution in [-0.4, -0.2) is 24.2 Å². The van der Waals surface area contributed by atoms with Crippen LogP contribution in [0.1, 0.15) is 19.4 Å². The van der Waals surface area contributed by atoms with Gasteiger partial charge in [-0.15, -0.1) is 0 Å². The molecular weight excluding hydrogens is 389 g/mol. The average Bonchev–Trinajstić information content (AvgIpc) is 2.90. The summed E-state index contributed by atoms with van der Waals surface area (Å²) in [5.74, 6) is 0.469. The molecule has 0 saturated carbocycles. The predicted octanol–water partition coefficient (Wildman–Crippen LogP) is 3.55. The molecule has 0 atom stereocenters. The fourth-order valence-electron chi connectivity index (χ4n) is 2.37. The van der Waals surface area contributed by atoms with Crippen molar-refractivity contribution in [3.63, 3.8) is 0 Å². The molecule has 6 heteroatoms. The number of rotatable bonds is 3. The lowest BCUT2D eigenvalue weighted by atomic mass is 10.1. The highest BCUT2D eigenvalue weighted by molar-refractivity contribution is 14.1. The molecule has 0 aliphatic carbocycles. The molecule has 0 saturated heterocycles. The van der Waals surface area contributed by atoms with Crippen LogP contribution in [0.2, 0.25) is 0 Å². The van der Waals surface area contributed by atoms with Crippen molar-refractivity contribution in [1.29, 1.82) is 0 Å². The number of benzene rings is 1. The third-order valence-corrected chi connectivity index (χ3v) is 5.59. The number of nitrogen functional groups attached to an aromatic ring is 1. The molecule has 0 radical (unpaired) electrons. The van der Waals surface area contributed by atoms with Crippen LogP contribution in [0.25, 0.3) is 22.3 Å². The van der Waals surface area contributed by atoms with E-state index < -0.39 is 0 Å². The first-order valence-electron chi connectivity index (χ1n) is 7.07. The molecule has 0 aliphatic heterocycles. The fraction of sp³-hybridized carbons (Fsp3) is 0.312. The summed E-state index contributed by atoms with van der Waals surface area (Å²) >= 11 is 2.37. The summed E-state index contributed by atoms with van der Waals surface area (Å²) < 4.78 is 2.88. The Labute approximate surface area is 143 Å². The number of fused-ring (bicyclic) bond motifs is 1. The molecule has 22 heavy (non-hydrogen) atoms. The van der Waals surface area contributed by atoms with Gasteiger partial charge in [-0.1, -0.05) is 52.4 Å². The minimum absolute atomic E-state index is 0.150. The van der Waals surface area contributed by atoms with Crippen molar-refractivity contribution in [3.05, 3.63) is 36.2 Å². The molecule has 1 aromatic carbocycles. The van der Waals surface area contributed by atoms with Crippen LogP contribution in [0.15, 0.2) is 30.6 Å². The van der Waals surface area contributed by atoms with Crippen LogP contribution < -0.4 is 5.73 Å². The molecule has 0 unspecified atom stereocenters. The van der Waals surface area contributed by atoms with Gasteiger partial charge in [0.05, 0.1) is 10.9 Å². The van der Waals surface area contributed by atoms with Crippen molar-refractivity contribution in [1.82, 2.24) is 19.7 Å². The molecule has 0 spiro atoms. The summed E-state index contributed by atoms with van der Waals surface area (Å²) in [4.78, 5) is 8.57. The van der Waals surface area contributed by atoms with Gasteiger partial charge in [-0.2, -0.15) is 5.10 Å². The first kappa shape index (κ1) is 15.2. The van der Waals surface area contributed by atoms with Gasteiger partial charge in [0.1, 0.15) is 17.8 Å². The molecule has 114 valence electrons. The second kappa shape index (κ2) is 5.49. The van der Waals surface area contributed by atoms with Gasteiger partial charge >= 0.3 is 0 Å². The number of hydrogen-bond acceptors (Lipinski definition) is 4. The van der Waals surface area contributed by atoms with E-state index in [9.17, 15) is 0 Å². The Hall–Kier alpha value is -1.70. The molecule has 2 heterocycles. The van der Waals surface area contributed by atoms with Gasteiger partial charge < -0.3 is 5.73 Å². The SMILES string of the molecule is Cc1ccc(-c2nn(C(C)(C)CI)c3ncnc(N)c23)cc1. The van der Waals surface area contributed by atoms with E-state index in [4.69, 9.17) is 10.8 Å². The van der Waals surface area contributed by atoms with Gasteiger partial charge in [-0.25, -0.2) is 14.6 Å². The molecule has 3 rings (SSSR count). The van der Waals surface area contributed by atoms with Gasteiger partial charge in [0.15, 0.2) is 5.65 Å². The molecule has 5 nitrogen and oxygen atoms in total. The van der Waals surface area contributed by atoms with Crippen LogP contribution in [0.5, 0.6) is 0 Å². The van der Waals surface area contributed by atoms with Crippen molar-refractivity contribution >= 4 is 39.4 Å². The van der Waals surface area contributed by atoms with E-state index in [1.165, 1.54) is 11.9 Å². The standard InChI is InChI=1S/C16H18IN5/c1-10-4-6-11(7-5-10)13-12-14(18)19-9-20-15(12)22(21-13)16(2,3)8-17/h4-7,9H,8H2,1-3H3,(H2,18,19,20). The van der Waals surface area contributed by atoms with E-state index in [1.54, 1.807) is 0 Å². The number of hydrogen-bond donors (Lipinski definition) is 1. The fourth-order valence-corrected chi connectivity index (χ4v) is 2.69. The van der Waals surface area contributed by atoms with Crippen LogP contribution in [0.4, 0.5) is 5.82 Å². The van der Waals surface area contributed by atoms with Crippen LogP contribution in [-0.2, 0) is 5.54 Å². The maximum atomic E-state index is 6.12. The molecule has 3 aromatic rings. The number of aromatic nitrogens is 4. The zero-order valence-corrected chi connectivity index (χ0v) is 15.0. The van der Waals surface area contributed by atoms with Crippen LogP contribution in [0, 0.1) is 6.92 Å². The molecule has 0 amide bonds. The zero-order chi connectivity index (χ0) is 15.9. The topological polar surface area (TPSA) is 69.6 Å². The quantitative estimate of drug-likeness (QED) is 0.533. The Bertz CT molecular complexity index is 820. The minimum Gasteiger partial charge on any atom is -0.383 e. The molecule has 0 aliphatic rings. The number of nitrogens with two attached hydrogens (primary N) is 1. The summed E-state index contributed by atoms with van der Waals surface area (Å²) in [7, 11) is 0. The third-order valence-electron chi connectivity index (χ3n) is 3.72. The second-order valence-electron chi connectivity index (χ2n) is 6.03. The third kappa shape index (κ3) is 2.45. The predicted molar refractivity (Wildman–Crippen MR) is 98.1 cm³/mol. The maximum Gasteiger partial charge on any atom is 0.164 e. The van der Waals surface area contributed by atoms with Gasteiger partial charge in [-0.05, 0) is 20.8 Å². The Balaban J connectivity index is 2.33. The number of aryl methyl sites for hydroxylation is 1. The Morgan fingerprint density at radius 3 is 2.50 bits per heavy atom. The maximum absolute atomic E-state index is 6.12. The van der Waals surface area contributed by atoms with E-state index in [0.717, 1.165) is 26.7 Å². The van der Waals surface area contributed by atoms with Gasteiger partial charge in [-0.3, -0.25) is 0 Å². The van der Waals surface area contributed by atoms with Crippen molar-refractivity contribution in [2.75, 3.05) is 10.2 Å². The average molecular weight is 407 g/mol. The van der Waals surface area contributed by atoms with Gasteiger partial charge in [0.2, 0.25) is 0 Å². The molecule has 2 aromatic heterocycles. The number of halogens is 1. The van der Waals surface area contributed by atoms with Crippen molar-refractivity contribution in [2.24, 2.45) is 0 Å². The van der Waals surface area contributed by atoms with Crippen LogP contribution >= 0.6 is 22.6 Å². The minimum atomic E-state index is -0.150. The summed E-state index contributed by atoms with van der Waals surface area (Å²) in [6.45, 7) is 6.35. The lowest BCUT2D eigenvalue weighted by Crippen LogP contribution is -2.29. The van der Waals surface area contributed by atoms with E-state index in [2.05, 4.69) is 77.6 Å². The highest BCUT2D eigenvalue weighted by Crippen LogP contribution is 2.33. The van der Waals surface area contributed by atoms with E-state index in [1.807, 2.05) is 4.68 Å². The van der Waals surface area contributed by atoms with E-state index in [-0.39, 0.29) is 5.54 Å². The Kier molecular flexibility index (Phi) is 3.80. The lowest BCUT2D eigenvalue weighted by Gasteiger charge is -2.22.